The van der Waals surface area contributed by atoms with Gasteiger partial charge in [-0.1, -0.05) is 25.1 Å². The first-order chi connectivity index (χ1) is 12.8. The minimum atomic E-state index is -1.18. The van der Waals surface area contributed by atoms with E-state index in [0.717, 1.165) is 4.57 Å². The highest BCUT2D eigenvalue weighted by molar-refractivity contribution is 6.05. The van der Waals surface area contributed by atoms with E-state index in [0.29, 0.717) is 29.7 Å². The number of carbonyl (C=O) groups excluding carboxylic acids is 2. The third-order valence-corrected chi connectivity index (χ3v) is 4.74. The van der Waals surface area contributed by atoms with Gasteiger partial charge in [-0.05, 0) is 37.5 Å². The number of pyridine rings is 1. The Morgan fingerprint density at radius 1 is 1.19 bits per heavy atom. The van der Waals surface area contributed by atoms with Crippen LogP contribution < -0.4 is 10.9 Å². The van der Waals surface area contributed by atoms with Crippen LogP contribution in [0.3, 0.4) is 0 Å². The van der Waals surface area contributed by atoms with E-state index >= 15 is 0 Å². The molecule has 1 heterocycles. The quantitative estimate of drug-likeness (QED) is 0.863. The minimum Gasteiger partial charge on any atom is -0.480 e. The summed E-state index contributed by atoms with van der Waals surface area (Å²) in [5.41, 5.74) is 0.335. The molecule has 27 heavy (non-hydrogen) atoms. The van der Waals surface area contributed by atoms with Gasteiger partial charge in [0, 0.05) is 23.2 Å². The number of aliphatic carboxylic acids is 1. The Morgan fingerprint density at radius 3 is 2.48 bits per heavy atom. The van der Waals surface area contributed by atoms with Crippen LogP contribution in [0.5, 0.6) is 0 Å². The van der Waals surface area contributed by atoms with Gasteiger partial charge in [0.1, 0.15) is 11.7 Å². The third kappa shape index (κ3) is 3.53. The van der Waals surface area contributed by atoms with Crippen LogP contribution in [0.1, 0.15) is 52.7 Å². The molecule has 2 aromatic rings. The first-order valence-corrected chi connectivity index (χ1v) is 8.70. The number of carboxylic acids is 1. The van der Waals surface area contributed by atoms with Gasteiger partial charge < -0.3 is 10.4 Å². The molecule has 7 heteroatoms. The zero-order valence-electron chi connectivity index (χ0n) is 15.1. The third-order valence-electron chi connectivity index (χ3n) is 4.74. The summed E-state index contributed by atoms with van der Waals surface area (Å²) in [7, 11) is 0. The fourth-order valence-corrected chi connectivity index (χ4v) is 3.34. The Hall–Kier alpha value is -3.22. The Bertz CT molecular complexity index is 978. The average molecular weight is 368 g/mol. The summed E-state index contributed by atoms with van der Waals surface area (Å²) in [6, 6.07) is 8.56. The van der Waals surface area contributed by atoms with Crippen LogP contribution in [-0.4, -0.2) is 27.3 Å². The molecule has 1 aliphatic rings. The number of carbonyl (C=O) groups is 3. The number of nitrogens with one attached hydrogen (secondary N) is 1. The molecule has 140 valence electrons. The molecule has 0 fully saturated rings. The standard InChI is InChI=1S/C20H20N2O5/c1-11-8-16-14(17(23)9-11)10-15(19(25)22(16)12(2)20(26)27)21-18(24)13-6-4-3-5-7-13/h3-7,10-12H,8-9H2,1-2H3,(H,21,24)(H,26,27). The number of nitrogens with zero attached hydrogens (tertiary/aromatic N) is 1. The first-order valence-electron chi connectivity index (χ1n) is 8.70. The lowest BCUT2D eigenvalue weighted by molar-refractivity contribution is -0.140. The zero-order valence-corrected chi connectivity index (χ0v) is 15.1. The number of Topliss-reactive ketones (excluding diaryl/α,β-unsaturated/α-hetero) is 1. The number of rotatable bonds is 4. The van der Waals surface area contributed by atoms with E-state index in [1.165, 1.54) is 13.0 Å². The number of hydrogen-bond donors (Lipinski definition) is 2. The molecule has 0 spiro atoms. The van der Waals surface area contributed by atoms with Gasteiger partial charge in [-0.15, -0.1) is 0 Å². The predicted molar refractivity (Wildman–Crippen MR) is 99.3 cm³/mol. The van der Waals surface area contributed by atoms with Gasteiger partial charge in [0.05, 0.1) is 0 Å². The predicted octanol–water partition coefficient (Wildman–Crippen LogP) is 2.51. The lowest BCUT2D eigenvalue weighted by Gasteiger charge is -2.27. The maximum atomic E-state index is 12.9. The second-order valence-corrected chi connectivity index (χ2v) is 6.86. The van der Waals surface area contributed by atoms with E-state index in [1.807, 2.05) is 6.92 Å². The van der Waals surface area contributed by atoms with Crippen molar-refractivity contribution in [3.8, 4) is 0 Å². The molecule has 2 unspecified atom stereocenters. The summed E-state index contributed by atoms with van der Waals surface area (Å²) in [5, 5.41) is 11.9. The van der Waals surface area contributed by atoms with Gasteiger partial charge in [-0.25, -0.2) is 4.79 Å². The van der Waals surface area contributed by atoms with Crippen molar-refractivity contribution in [1.29, 1.82) is 0 Å². The lowest BCUT2D eigenvalue weighted by atomic mass is 9.86. The van der Waals surface area contributed by atoms with Crippen molar-refractivity contribution < 1.29 is 19.5 Å². The van der Waals surface area contributed by atoms with Gasteiger partial charge in [0.15, 0.2) is 5.78 Å². The molecule has 0 saturated heterocycles. The number of fused-ring (bicyclic) bond motifs is 1. The van der Waals surface area contributed by atoms with Crippen LogP contribution in [0.2, 0.25) is 0 Å². The van der Waals surface area contributed by atoms with Gasteiger partial charge in [-0.3, -0.25) is 19.0 Å². The van der Waals surface area contributed by atoms with Crippen LogP contribution in [0.25, 0.3) is 0 Å². The van der Waals surface area contributed by atoms with E-state index in [-0.39, 0.29) is 17.4 Å². The second-order valence-electron chi connectivity index (χ2n) is 6.86. The summed E-state index contributed by atoms with van der Waals surface area (Å²) in [4.78, 5) is 49.4. The van der Waals surface area contributed by atoms with Gasteiger partial charge >= 0.3 is 5.97 Å². The first kappa shape index (κ1) is 18.6. The van der Waals surface area contributed by atoms with Crippen LogP contribution in [0, 0.1) is 5.92 Å². The molecule has 1 aliphatic carbocycles. The number of aromatic nitrogens is 1. The summed E-state index contributed by atoms with van der Waals surface area (Å²) < 4.78 is 1.12. The van der Waals surface area contributed by atoms with Crippen molar-refractivity contribution in [2.75, 3.05) is 5.32 Å². The largest absolute Gasteiger partial charge is 0.480 e. The van der Waals surface area contributed by atoms with Crippen molar-refractivity contribution in [3.05, 3.63) is 63.6 Å². The summed E-state index contributed by atoms with van der Waals surface area (Å²) in [6.45, 7) is 3.27. The lowest BCUT2D eigenvalue weighted by Crippen LogP contribution is -2.37. The maximum Gasteiger partial charge on any atom is 0.326 e. The summed E-state index contributed by atoms with van der Waals surface area (Å²) in [5.74, 6) is -1.83. The molecule has 0 aliphatic heterocycles. The number of anilines is 1. The summed E-state index contributed by atoms with van der Waals surface area (Å²) in [6.07, 6.45) is 0.750. The molecule has 3 rings (SSSR count). The average Bonchev–Trinajstić information content (AvgIpc) is 2.63. The van der Waals surface area contributed by atoms with Gasteiger partial charge in [0.25, 0.3) is 11.5 Å². The van der Waals surface area contributed by atoms with E-state index in [1.54, 1.807) is 30.3 Å². The van der Waals surface area contributed by atoms with Gasteiger partial charge in [0.2, 0.25) is 0 Å². The maximum absolute atomic E-state index is 12.9. The van der Waals surface area contributed by atoms with E-state index in [4.69, 9.17) is 0 Å². The Balaban J connectivity index is 2.13. The van der Waals surface area contributed by atoms with Crippen molar-refractivity contribution in [2.24, 2.45) is 5.92 Å². The Labute approximate surface area is 155 Å². The molecular formula is C20H20N2O5. The van der Waals surface area contributed by atoms with Crippen LogP contribution in [0.4, 0.5) is 5.69 Å². The smallest absolute Gasteiger partial charge is 0.326 e. The Morgan fingerprint density at radius 2 is 1.85 bits per heavy atom. The number of carboxylic acid groups (broad SMARTS) is 1. The number of ketones is 1. The van der Waals surface area contributed by atoms with Crippen molar-refractivity contribution in [3.63, 3.8) is 0 Å². The molecular weight excluding hydrogens is 348 g/mol. The highest BCUT2D eigenvalue weighted by atomic mass is 16.4. The van der Waals surface area contributed by atoms with E-state index < -0.39 is 23.5 Å². The fourth-order valence-electron chi connectivity index (χ4n) is 3.34. The fraction of sp³-hybridized carbons (Fsp3) is 0.300. The topological polar surface area (TPSA) is 105 Å². The Kier molecular flexibility index (Phi) is 4.94. The monoisotopic (exact) mass is 368 g/mol. The van der Waals surface area contributed by atoms with Crippen LogP contribution in [-0.2, 0) is 11.2 Å². The molecule has 2 N–H and O–H groups in total. The van der Waals surface area contributed by atoms with E-state index in [2.05, 4.69) is 5.32 Å². The van der Waals surface area contributed by atoms with Gasteiger partial charge in [-0.2, -0.15) is 0 Å². The summed E-state index contributed by atoms with van der Waals surface area (Å²) >= 11 is 0. The molecule has 0 bridgehead atoms. The molecule has 0 saturated carbocycles. The minimum absolute atomic E-state index is 0.0152. The molecule has 1 aromatic carbocycles. The number of benzene rings is 1. The van der Waals surface area contributed by atoms with Crippen LogP contribution >= 0.6 is 0 Å². The zero-order chi connectivity index (χ0) is 19.7. The van der Waals surface area contributed by atoms with Crippen LogP contribution in [0.15, 0.2) is 41.2 Å². The highest BCUT2D eigenvalue weighted by Crippen LogP contribution is 2.28. The molecule has 0 radical (unpaired) electrons. The highest BCUT2D eigenvalue weighted by Gasteiger charge is 2.30. The molecule has 7 nitrogen and oxygen atoms in total. The number of hydrogen-bond acceptors (Lipinski definition) is 4. The second kappa shape index (κ2) is 7.19. The van der Waals surface area contributed by atoms with E-state index in [9.17, 15) is 24.3 Å². The molecule has 1 amide bonds. The molecule has 1 aromatic heterocycles. The number of amides is 1. The SMILES string of the molecule is CC1CC(=O)c2cc(NC(=O)c3ccccc3)c(=O)n(C(C)C(=O)O)c2C1. The normalized spacial score (nSPS) is 17.1. The van der Waals surface area contributed by atoms with Crippen molar-refractivity contribution >= 4 is 23.3 Å². The van der Waals surface area contributed by atoms with Crippen molar-refractivity contribution in [2.45, 2.75) is 32.7 Å². The van der Waals surface area contributed by atoms with Crippen molar-refractivity contribution in [1.82, 2.24) is 4.57 Å². The molecule has 2 atom stereocenters.